The van der Waals surface area contributed by atoms with Crippen LogP contribution in [0.5, 0.6) is 0 Å². The molecule has 1 aliphatic rings. The smallest absolute Gasteiger partial charge is 0.333 e. The standard InChI is InChI=1S/C11H18N2O3/c1-4-5-11(2,3)13-10(15)12-8-6-9(14)16-7-8/h6H,4-5,7H2,1-3H3,(H2,12,13,15). The van der Waals surface area contributed by atoms with E-state index in [-0.39, 0.29) is 18.2 Å². The van der Waals surface area contributed by atoms with Gasteiger partial charge in [-0.25, -0.2) is 9.59 Å². The van der Waals surface area contributed by atoms with Gasteiger partial charge in [0, 0.05) is 11.6 Å². The molecule has 5 nitrogen and oxygen atoms in total. The average Bonchev–Trinajstić information content (AvgIpc) is 2.49. The molecule has 0 radical (unpaired) electrons. The fraction of sp³-hybridized carbons (Fsp3) is 0.636. The van der Waals surface area contributed by atoms with E-state index in [1.54, 1.807) is 0 Å². The van der Waals surface area contributed by atoms with Crippen molar-refractivity contribution in [2.45, 2.75) is 39.2 Å². The molecular weight excluding hydrogens is 208 g/mol. The molecule has 2 N–H and O–H groups in total. The highest BCUT2D eigenvalue weighted by Crippen LogP contribution is 2.10. The lowest BCUT2D eigenvalue weighted by molar-refractivity contribution is -0.134. The second kappa shape index (κ2) is 5.01. The number of ether oxygens (including phenoxy) is 1. The third-order valence-corrected chi connectivity index (χ3v) is 2.26. The number of rotatable bonds is 4. The number of hydrogen-bond donors (Lipinski definition) is 2. The molecule has 0 saturated carbocycles. The lowest BCUT2D eigenvalue weighted by atomic mass is 9.99. The zero-order valence-corrected chi connectivity index (χ0v) is 9.92. The maximum atomic E-state index is 11.6. The first kappa shape index (κ1) is 12.5. The Morgan fingerprint density at radius 1 is 1.56 bits per heavy atom. The van der Waals surface area contributed by atoms with Gasteiger partial charge in [0.25, 0.3) is 0 Å². The molecular formula is C11H18N2O3. The van der Waals surface area contributed by atoms with Crippen LogP contribution in [0.15, 0.2) is 11.8 Å². The first-order valence-corrected chi connectivity index (χ1v) is 5.39. The number of nitrogens with one attached hydrogen (secondary N) is 2. The first-order valence-electron chi connectivity index (χ1n) is 5.39. The minimum absolute atomic E-state index is 0.139. The fourth-order valence-electron chi connectivity index (χ4n) is 1.62. The van der Waals surface area contributed by atoms with Gasteiger partial charge >= 0.3 is 12.0 Å². The van der Waals surface area contributed by atoms with E-state index in [9.17, 15) is 9.59 Å². The normalized spacial score (nSPS) is 15.4. The van der Waals surface area contributed by atoms with Crippen LogP contribution >= 0.6 is 0 Å². The van der Waals surface area contributed by atoms with E-state index < -0.39 is 5.97 Å². The van der Waals surface area contributed by atoms with E-state index >= 15 is 0 Å². The number of esters is 1. The molecule has 0 unspecified atom stereocenters. The Labute approximate surface area is 95.2 Å². The van der Waals surface area contributed by atoms with Crippen LogP contribution in [0.4, 0.5) is 4.79 Å². The molecule has 5 heteroatoms. The van der Waals surface area contributed by atoms with Crippen LogP contribution in [0.25, 0.3) is 0 Å². The van der Waals surface area contributed by atoms with Gasteiger partial charge in [-0.15, -0.1) is 0 Å². The van der Waals surface area contributed by atoms with Crippen LogP contribution < -0.4 is 10.6 Å². The summed E-state index contributed by atoms with van der Waals surface area (Å²) in [7, 11) is 0. The molecule has 0 aliphatic carbocycles. The SMILES string of the molecule is CCCC(C)(C)NC(=O)NC1=CC(=O)OC1. The number of urea groups is 1. The van der Waals surface area contributed by atoms with E-state index in [1.807, 2.05) is 13.8 Å². The second-order valence-electron chi connectivity index (χ2n) is 4.49. The maximum Gasteiger partial charge on any atom is 0.333 e. The summed E-state index contributed by atoms with van der Waals surface area (Å²) in [6.45, 7) is 6.12. The van der Waals surface area contributed by atoms with E-state index in [1.165, 1.54) is 6.08 Å². The fourth-order valence-corrected chi connectivity index (χ4v) is 1.62. The predicted molar refractivity (Wildman–Crippen MR) is 59.7 cm³/mol. The maximum absolute atomic E-state index is 11.6. The Bertz CT molecular complexity index is 321. The molecule has 0 fully saturated rings. The van der Waals surface area contributed by atoms with Crippen LogP contribution in [-0.4, -0.2) is 24.1 Å². The van der Waals surface area contributed by atoms with Crippen molar-refractivity contribution in [1.29, 1.82) is 0 Å². The molecule has 16 heavy (non-hydrogen) atoms. The number of cyclic esters (lactones) is 1. The van der Waals surface area contributed by atoms with E-state index in [2.05, 4.69) is 22.3 Å². The van der Waals surface area contributed by atoms with Gasteiger partial charge in [-0.2, -0.15) is 0 Å². The van der Waals surface area contributed by atoms with E-state index in [0.29, 0.717) is 5.70 Å². The number of amides is 2. The van der Waals surface area contributed by atoms with Crippen molar-refractivity contribution in [3.63, 3.8) is 0 Å². The molecule has 2 amide bonds. The van der Waals surface area contributed by atoms with Crippen LogP contribution in [0.1, 0.15) is 33.6 Å². The van der Waals surface area contributed by atoms with Crippen molar-refractivity contribution in [1.82, 2.24) is 10.6 Å². The Hall–Kier alpha value is -1.52. The third kappa shape index (κ3) is 3.92. The third-order valence-electron chi connectivity index (χ3n) is 2.26. The summed E-state index contributed by atoms with van der Waals surface area (Å²) in [5, 5.41) is 5.43. The summed E-state index contributed by atoms with van der Waals surface area (Å²) in [6.07, 6.45) is 3.18. The highest BCUT2D eigenvalue weighted by molar-refractivity contribution is 5.87. The summed E-state index contributed by atoms with van der Waals surface area (Å²) >= 11 is 0. The molecule has 1 heterocycles. The van der Waals surface area contributed by atoms with Gasteiger partial charge in [-0.3, -0.25) is 0 Å². The summed E-state index contributed by atoms with van der Waals surface area (Å²) in [4.78, 5) is 22.3. The monoisotopic (exact) mass is 226 g/mol. The highest BCUT2D eigenvalue weighted by Gasteiger charge is 2.21. The van der Waals surface area contributed by atoms with Gasteiger partial charge in [0.1, 0.15) is 6.61 Å². The molecule has 0 aromatic carbocycles. The van der Waals surface area contributed by atoms with Gasteiger partial charge in [0.15, 0.2) is 0 Å². The summed E-state index contributed by atoms with van der Waals surface area (Å²) in [5.74, 6) is -0.414. The predicted octanol–water partition coefficient (Wildman–Crippen LogP) is 1.30. The zero-order chi connectivity index (χ0) is 12.2. The molecule has 90 valence electrons. The molecule has 0 aromatic heterocycles. The molecule has 0 spiro atoms. The van der Waals surface area contributed by atoms with Gasteiger partial charge in [-0.1, -0.05) is 13.3 Å². The molecule has 0 aromatic rings. The summed E-state index contributed by atoms with van der Waals surface area (Å²) < 4.78 is 4.67. The Kier molecular flexibility index (Phi) is 3.93. The van der Waals surface area contributed by atoms with Gasteiger partial charge < -0.3 is 15.4 Å². The largest absolute Gasteiger partial charge is 0.456 e. The highest BCUT2D eigenvalue weighted by atomic mass is 16.5. The van der Waals surface area contributed by atoms with Crippen LogP contribution in [0.3, 0.4) is 0 Å². The lowest BCUT2D eigenvalue weighted by Crippen LogP contribution is -2.48. The van der Waals surface area contributed by atoms with E-state index in [4.69, 9.17) is 0 Å². The quantitative estimate of drug-likeness (QED) is 0.710. The number of hydrogen-bond acceptors (Lipinski definition) is 3. The zero-order valence-electron chi connectivity index (χ0n) is 9.92. The molecule has 0 bridgehead atoms. The molecule has 0 saturated heterocycles. The van der Waals surface area contributed by atoms with Crippen molar-refractivity contribution in [2.75, 3.05) is 6.61 Å². The Balaban J connectivity index is 2.42. The topological polar surface area (TPSA) is 67.4 Å². The van der Waals surface area contributed by atoms with Crippen molar-refractivity contribution in [2.24, 2.45) is 0 Å². The summed E-state index contributed by atoms with van der Waals surface area (Å²) in [6, 6.07) is -0.303. The Morgan fingerprint density at radius 2 is 2.25 bits per heavy atom. The van der Waals surface area contributed by atoms with Crippen molar-refractivity contribution >= 4 is 12.0 Å². The second-order valence-corrected chi connectivity index (χ2v) is 4.49. The van der Waals surface area contributed by atoms with Crippen LogP contribution in [-0.2, 0) is 9.53 Å². The Morgan fingerprint density at radius 3 is 2.75 bits per heavy atom. The van der Waals surface area contributed by atoms with Gasteiger partial charge in [-0.05, 0) is 20.3 Å². The van der Waals surface area contributed by atoms with Crippen molar-refractivity contribution in [3.05, 3.63) is 11.8 Å². The van der Waals surface area contributed by atoms with Crippen LogP contribution in [0.2, 0.25) is 0 Å². The average molecular weight is 226 g/mol. The molecule has 1 aliphatic heterocycles. The van der Waals surface area contributed by atoms with Crippen molar-refractivity contribution in [3.8, 4) is 0 Å². The number of carbonyl (C=O) groups is 2. The van der Waals surface area contributed by atoms with Gasteiger partial charge in [0.05, 0.1) is 5.70 Å². The molecule has 1 rings (SSSR count). The number of carbonyl (C=O) groups excluding carboxylic acids is 2. The van der Waals surface area contributed by atoms with E-state index in [0.717, 1.165) is 12.8 Å². The minimum Gasteiger partial charge on any atom is -0.456 e. The van der Waals surface area contributed by atoms with Crippen molar-refractivity contribution < 1.29 is 14.3 Å². The lowest BCUT2D eigenvalue weighted by Gasteiger charge is -2.25. The minimum atomic E-state index is -0.414. The van der Waals surface area contributed by atoms with Crippen LogP contribution in [0, 0.1) is 0 Å². The summed E-state index contributed by atoms with van der Waals surface area (Å²) in [5.41, 5.74) is 0.248. The van der Waals surface area contributed by atoms with Gasteiger partial charge in [0.2, 0.25) is 0 Å². The molecule has 0 atom stereocenters. The first-order chi connectivity index (χ1) is 7.43.